The number of hydrogen-bond donors (Lipinski definition) is 1. The smallest absolute Gasteiger partial charge is 0.178 e. The van der Waals surface area contributed by atoms with Crippen molar-refractivity contribution in [2.75, 3.05) is 14.2 Å². The second-order valence-corrected chi connectivity index (χ2v) is 19.1. The molecule has 1 unspecified atom stereocenters. The van der Waals surface area contributed by atoms with Gasteiger partial charge >= 0.3 is 0 Å². The summed E-state index contributed by atoms with van der Waals surface area (Å²) in [6, 6.07) is 36.3. The van der Waals surface area contributed by atoms with Crippen LogP contribution in [-0.2, 0) is 11.0 Å². The van der Waals surface area contributed by atoms with Crippen LogP contribution in [-0.4, -0.2) is 20.6 Å². The van der Waals surface area contributed by atoms with Gasteiger partial charge in [-0.1, -0.05) is 112 Å². The predicted octanol–water partition coefficient (Wildman–Crippen LogP) is 13.5. The number of rotatable bonds is 8. The maximum absolute atomic E-state index is 7.76. The van der Waals surface area contributed by atoms with Gasteiger partial charge in [-0.05, 0) is 125 Å². The first-order chi connectivity index (χ1) is 27.8. The van der Waals surface area contributed by atoms with E-state index in [0.29, 0.717) is 5.75 Å². The van der Waals surface area contributed by atoms with Crippen LogP contribution in [0.5, 0.6) is 23.0 Å². The highest BCUT2D eigenvalue weighted by Gasteiger charge is 2.55. The zero-order valence-corrected chi connectivity index (χ0v) is 35.5. The van der Waals surface area contributed by atoms with Crippen molar-refractivity contribution in [1.82, 2.24) is 0 Å². The van der Waals surface area contributed by atoms with Crippen LogP contribution in [0.1, 0.15) is 85.9 Å². The molecule has 0 radical (unpaired) electrons. The average molecular weight is 786 g/mol. The highest BCUT2D eigenvalue weighted by molar-refractivity contribution is 7.99. The van der Waals surface area contributed by atoms with Crippen molar-refractivity contribution in [2.45, 2.75) is 81.6 Å². The summed E-state index contributed by atoms with van der Waals surface area (Å²) in [5.41, 5.74) is 9.94. The van der Waals surface area contributed by atoms with Crippen molar-refractivity contribution in [2.24, 2.45) is 10.8 Å². The normalized spacial score (nSPS) is 19.2. The molecule has 1 fully saturated rings. The van der Waals surface area contributed by atoms with Gasteiger partial charge in [-0.2, -0.15) is 0 Å². The Kier molecular flexibility index (Phi) is 9.08. The lowest BCUT2D eigenvalue weighted by Crippen LogP contribution is -2.44. The van der Waals surface area contributed by atoms with Gasteiger partial charge < -0.3 is 18.9 Å². The summed E-state index contributed by atoms with van der Waals surface area (Å²) >= 11 is 1.78. The second-order valence-electron chi connectivity index (χ2n) is 18.0. The second kappa shape index (κ2) is 13.8. The van der Waals surface area contributed by atoms with Gasteiger partial charge in [0, 0.05) is 32.4 Å². The Bertz CT molecular complexity index is 2600. The van der Waals surface area contributed by atoms with Crippen LogP contribution in [0.2, 0.25) is 0 Å². The molecule has 0 amide bonds. The Labute approximate surface area is 346 Å². The van der Waals surface area contributed by atoms with Gasteiger partial charge in [-0.3, -0.25) is 5.41 Å². The fourth-order valence-corrected chi connectivity index (χ4v) is 12.2. The molecule has 1 atom stereocenters. The summed E-state index contributed by atoms with van der Waals surface area (Å²) in [7, 11) is 3.46. The summed E-state index contributed by atoms with van der Waals surface area (Å²) < 4.78 is 25.1. The van der Waals surface area contributed by atoms with Crippen molar-refractivity contribution < 1.29 is 18.9 Å². The van der Waals surface area contributed by atoms with E-state index in [0.717, 1.165) is 69.9 Å². The van der Waals surface area contributed by atoms with Crippen LogP contribution >= 0.6 is 11.8 Å². The maximum atomic E-state index is 7.76. The fraction of sp³-hybridized carbons (Fsp3) is 0.288. The Morgan fingerprint density at radius 2 is 1.34 bits per heavy atom. The average Bonchev–Trinajstić information content (AvgIpc) is 3.46. The Morgan fingerprint density at radius 1 is 0.707 bits per heavy atom. The fourth-order valence-electron chi connectivity index (χ4n) is 11.1. The quantitative estimate of drug-likeness (QED) is 0.123. The Morgan fingerprint density at radius 3 is 1.97 bits per heavy atom. The molecule has 294 valence electrons. The van der Waals surface area contributed by atoms with Gasteiger partial charge in [0.15, 0.2) is 12.0 Å². The number of fused-ring (bicyclic) bond motifs is 10. The van der Waals surface area contributed by atoms with Crippen molar-refractivity contribution >= 4 is 35.0 Å². The van der Waals surface area contributed by atoms with Crippen molar-refractivity contribution in [3.63, 3.8) is 0 Å². The minimum atomic E-state index is -0.994. The lowest BCUT2D eigenvalue weighted by molar-refractivity contribution is 0.0642. The van der Waals surface area contributed by atoms with E-state index in [4.69, 9.17) is 24.4 Å². The zero-order chi connectivity index (χ0) is 40.6. The molecule has 1 saturated carbocycles. The minimum absolute atomic E-state index is 0.105. The molecule has 1 heterocycles. The zero-order valence-electron chi connectivity index (χ0n) is 34.7. The molecule has 1 aliphatic heterocycles. The third kappa shape index (κ3) is 6.02. The molecule has 1 spiro atoms. The van der Waals surface area contributed by atoms with Gasteiger partial charge in [-0.25, -0.2) is 0 Å². The Hall–Kier alpha value is -5.46. The lowest BCUT2D eigenvalue weighted by Gasteiger charge is -2.52. The minimum Gasteiger partial charge on any atom is -0.497 e. The monoisotopic (exact) mass is 785 g/mol. The van der Waals surface area contributed by atoms with Gasteiger partial charge in [0.2, 0.25) is 0 Å². The maximum Gasteiger partial charge on any atom is 0.178 e. The van der Waals surface area contributed by atoms with E-state index in [9.17, 15) is 0 Å². The van der Waals surface area contributed by atoms with E-state index in [1.807, 2.05) is 36.4 Å². The summed E-state index contributed by atoms with van der Waals surface area (Å²) in [5.74, 6) is 3.03. The number of methoxy groups -OCH3 is 2. The summed E-state index contributed by atoms with van der Waals surface area (Å²) in [5, 5.41) is 9.71. The van der Waals surface area contributed by atoms with E-state index in [1.165, 1.54) is 43.7 Å². The number of ether oxygens (including phenoxy) is 4. The number of aryl methyl sites for hydroxylation is 2. The molecule has 2 aliphatic carbocycles. The van der Waals surface area contributed by atoms with Crippen LogP contribution in [0.15, 0.2) is 119 Å². The van der Waals surface area contributed by atoms with Crippen LogP contribution in [0.3, 0.4) is 0 Å². The SMILES string of the molecule is COc1ccc(C2(c3ccc(OC=N)cc3)C=Cc3c4c(c5cc(Sc6c(C)cccc6C)c(OC)cc5c3O2)-c2ccccc2C42CC(C)(C)CC(C)(C)C2)cc1. The van der Waals surface area contributed by atoms with Crippen LogP contribution in [0, 0.1) is 30.1 Å². The molecule has 58 heavy (non-hydrogen) atoms. The number of benzene rings is 6. The molecule has 0 aromatic heterocycles. The molecule has 0 bridgehead atoms. The first-order valence-corrected chi connectivity index (χ1v) is 21.0. The topological polar surface area (TPSA) is 60.8 Å². The molecule has 3 aliphatic rings. The van der Waals surface area contributed by atoms with Gasteiger partial charge in [-0.15, -0.1) is 0 Å². The molecule has 1 N–H and O–H groups in total. The molecule has 0 saturated heterocycles. The summed E-state index contributed by atoms with van der Waals surface area (Å²) in [6.07, 6.45) is 8.78. The van der Waals surface area contributed by atoms with Gasteiger partial charge in [0.05, 0.1) is 19.1 Å². The highest BCUT2D eigenvalue weighted by Crippen LogP contribution is 2.67. The van der Waals surface area contributed by atoms with E-state index in [1.54, 1.807) is 26.0 Å². The summed E-state index contributed by atoms with van der Waals surface area (Å²) in [6.45, 7) is 14.2. The molecule has 6 heteroatoms. The van der Waals surface area contributed by atoms with Gasteiger partial charge in [0.25, 0.3) is 0 Å². The standard InChI is InChI=1S/C52H51NO4S/c1-32-12-11-13-33(2)48(32)58-44-27-40-41(26-43(44)55-8)47-39(46-45(40)38-14-9-10-15-42(38)51(46)29-49(3,4)28-50(5,6)30-51)24-25-52(57-47,34-16-20-36(54-7)21-17-34)35-18-22-37(23-19-35)56-31-53/h9-27,31,53H,28-30H2,1-8H3. The van der Waals surface area contributed by atoms with E-state index < -0.39 is 5.60 Å². The van der Waals surface area contributed by atoms with Crippen molar-refractivity contribution in [3.05, 3.63) is 148 Å². The van der Waals surface area contributed by atoms with Crippen molar-refractivity contribution in [3.8, 4) is 34.1 Å². The predicted molar refractivity (Wildman–Crippen MR) is 237 cm³/mol. The van der Waals surface area contributed by atoms with Crippen LogP contribution < -0.4 is 18.9 Å². The number of nitrogens with one attached hydrogen (secondary N) is 1. The van der Waals surface area contributed by atoms with E-state index in [-0.39, 0.29) is 16.2 Å². The molecular formula is C52H51NO4S. The summed E-state index contributed by atoms with van der Waals surface area (Å²) in [4.78, 5) is 2.32. The van der Waals surface area contributed by atoms with E-state index >= 15 is 0 Å². The third-order valence-corrected chi connectivity index (χ3v) is 14.0. The third-order valence-electron chi connectivity index (χ3n) is 12.7. The first kappa shape index (κ1) is 38.1. The Balaban J connectivity index is 1.38. The molecule has 5 nitrogen and oxygen atoms in total. The molecular weight excluding hydrogens is 735 g/mol. The number of hydrogen-bond acceptors (Lipinski definition) is 6. The largest absolute Gasteiger partial charge is 0.497 e. The lowest BCUT2D eigenvalue weighted by atomic mass is 9.52. The first-order valence-electron chi connectivity index (χ1n) is 20.2. The van der Waals surface area contributed by atoms with E-state index in [2.05, 4.69) is 120 Å². The highest BCUT2D eigenvalue weighted by atomic mass is 32.2. The molecule has 6 aromatic rings. The van der Waals surface area contributed by atoms with Crippen molar-refractivity contribution in [1.29, 1.82) is 5.41 Å². The van der Waals surface area contributed by atoms with Gasteiger partial charge in [0.1, 0.15) is 23.0 Å². The molecule has 9 rings (SSSR count). The molecule has 6 aromatic carbocycles. The van der Waals surface area contributed by atoms with Crippen LogP contribution in [0.25, 0.3) is 28.0 Å². The van der Waals surface area contributed by atoms with Crippen LogP contribution in [0.4, 0.5) is 0 Å².